The van der Waals surface area contributed by atoms with Crippen LogP contribution in [0.25, 0.3) is 5.65 Å². The van der Waals surface area contributed by atoms with Gasteiger partial charge in [0.25, 0.3) is 0 Å². The van der Waals surface area contributed by atoms with Crippen LogP contribution in [0, 0.1) is 0 Å². The van der Waals surface area contributed by atoms with E-state index in [9.17, 15) is 4.79 Å². The summed E-state index contributed by atoms with van der Waals surface area (Å²) >= 11 is 3.25. The normalized spacial score (nSPS) is 10.4. The summed E-state index contributed by atoms with van der Waals surface area (Å²) in [5.74, 6) is 0. The van der Waals surface area contributed by atoms with Gasteiger partial charge in [-0.1, -0.05) is 0 Å². The van der Waals surface area contributed by atoms with Crippen molar-refractivity contribution in [3.8, 4) is 0 Å². The summed E-state index contributed by atoms with van der Waals surface area (Å²) in [5, 5.41) is 0. The highest BCUT2D eigenvalue weighted by molar-refractivity contribution is 9.10. The molecule has 0 N–H and O–H groups in total. The predicted molar refractivity (Wildman–Crippen MR) is 48.3 cm³/mol. The number of aldehydes is 1. The third-order valence-corrected chi connectivity index (χ3v) is 1.97. The average Bonchev–Trinajstić information content (AvgIpc) is 2.43. The molecule has 0 aromatic carbocycles. The van der Waals surface area contributed by atoms with E-state index in [-0.39, 0.29) is 0 Å². The van der Waals surface area contributed by atoms with Gasteiger partial charge >= 0.3 is 0 Å². The van der Waals surface area contributed by atoms with E-state index in [0.717, 1.165) is 16.5 Å². The molecule has 0 amide bonds. The van der Waals surface area contributed by atoms with E-state index in [0.29, 0.717) is 5.56 Å². The molecule has 0 aliphatic carbocycles. The van der Waals surface area contributed by atoms with E-state index in [1.54, 1.807) is 18.3 Å². The fraction of sp³-hybridized carbons (Fsp3) is 0. The largest absolute Gasteiger partial charge is 0.306 e. The van der Waals surface area contributed by atoms with Crippen LogP contribution < -0.4 is 0 Å². The summed E-state index contributed by atoms with van der Waals surface area (Å²) in [4.78, 5) is 14.6. The summed E-state index contributed by atoms with van der Waals surface area (Å²) in [5.41, 5.74) is 1.41. The van der Waals surface area contributed by atoms with Crippen LogP contribution in [-0.4, -0.2) is 15.7 Å². The molecule has 4 heteroatoms. The molecule has 0 aliphatic rings. The Hall–Kier alpha value is -1.16. The van der Waals surface area contributed by atoms with Crippen molar-refractivity contribution in [2.75, 3.05) is 0 Å². The molecule has 0 saturated heterocycles. The Labute approximate surface area is 77.2 Å². The predicted octanol–water partition coefficient (Wildman–Crippen LogP) is 1.91. The van der Waals surface area contributed by atoms with E-state index in [4.69, 9.17) is 0 Å². The number of carbonyl (C=O) groups is 1. The van der Waals surface area contributed by atoms with Crippen molar-refractivity contribution in [2.45, 2.75) is 0 Å². The molecule has 2 heterocycles. The van der Waals surface area contributed by atoms with Crippen molar-refractivity contribution in [1.29, 1.82) is 0 Å². The van der Waals surface area contributed by atoms with Crippen LogP contribution in [0.1, 0.15) is 10.4 Å². The third kappa shape index (κ3) is 1.14. The van der Waals surface area contributed by atoms with Crippen LogP contribution in [0.3, 0.4) is 0 Å². The Balaban J connectivity index is 2.74. The minimum atomic E-state index is 0.639. The number of pyridine rings is 1. The molecular formula is C8H5BrN2O. The summed E-state index contributed by atoms with van der Waals surface area (Å²) in [7, 11) is 0. The van der Waals surface area contributed by atoms with Gasteiger partial charge in [-0.2, -0.15) is 0 Å². The average molecular weight is 225 g/mol. The zero-order valence-electron chi connectivity index (χ0n) is 6.07. The van der Waals surface area contributed by atoms with Gasteiger partial charge in [0, 0.05) is 18.0 Å². The standard InChI is InChI=1S/C8H5BrN2O/c9-7-4-11-2-1-6(5-12)3-8(11)10-7/h1-5H. The SMILES string of the molecule is O=Cc1ccn2cc(Br)nc2c1. The van der Waals surface area contributed by atoms with Crippen molar-refractivity contribution >= 4 is 27.9 Å². The van der Waals surface area contributed by atoms with Crippen molar-refractivity contribution in [3.63, 3.8) is 0 Å². The summed E-state index contributed by atoms with van der Waals surface area (Å²) in [6.45, 7) is 0. The maximum absolute atomic E-state index is 10.4. The number of carbonyl (C=O) groups excluding carboxylic acids is 1. The lowest BCUT2D eigenvalue weighted by Crippen LogP contribution is -1.85. The van der Waals surface area contributed by atoms with E-state index >= 15 is 0 Å². The molecule has 0 radical (unpaired) electrons. The molecule has 2 rings (SSSR count). The second-order valence-corrected chi connectivity index (χ2v) is 3.22. The highest BCUT2D eigenvalue weighted by atomic mass is 79.9. The summed E-state index contributed by atoms with van der Waals surface area (Å²) < 4.78 is 2.61. The maximum Gasteiger partial charge on any atom is 0.150 e. The van der Waals surface area contributed by atoms with E-state index in [2.05, 4.69) is 20.9 Å². The van der Waals surface area contributed by atoms with Crippen molar-refractivity contribution in [1.82, 2.24) is 9.38 Å². The summed E-state index contributed by atoms with van der Waals surface area (Å²) in [6, 6.07) is 3.48. The number of rotatable bonds is 1. The number of nitrogens with zero attached hydrogens (tertiary/aromatic N) is 2. The smallest absolute Gasteiger partial charge is 0.150 e. The quantitative estimate of drug-likeness (QED) is 0.694. The lowest BCUT2D eigenvalue weighted by Gasteiger charge is -1.91. The van der Waals surface area contributed by atoms with Gasteiger partial charge in [0.15, 0.2) is 0 Å². The van der Waals surface area contributed by atoms with Crippen LogP contribution in [-0.2, 0) is 0 Å². The third-order valence-electron chi connectivity index (χ3n) is 1.59. The zero-order chi connectivity index (χ0) is 8.55. The molecule has 2 aromatic rings. The number of halogens is 1. The van der Waals surface area contributed by atoms with E-state index in [1.165, 1.54) is 0 Å². The second-order valence-electron chi connectivity index (χ2n) is 2.41. The first kappa shape index (κ1) is 7.49. The number of hydrogen-bond donors (Lipinski definition) is 0. The maximum atomic E-state index is 10.4. The number of imidazole rings is 1. The molecule has 0 fully saturated rings. The van der Waals surface area contributed by atoms with Gasteiger partial charge in [-0.3, -0.25) is 4.79 Å². The van der Waals surface area contributed by atoms with Gasteiger partial charge in [-0.15, -0.1) is 0 Å². The first-order valence-corrected chi connectivity index (χ1v) is 4.18. The Kier molecular flexibility index (Phi) is 1.69. The molecule has 12 heavy (non-hydrogen) atoms. The first-order valence-electron chi connectivity index (χ1n) is 3.39. The molecule has 0 spiro atoms. The lowest BCUT2D eigenvalue weighted by molar-refractivity contribution is 0.112. The molecule has 3 nitrogen and oxygen atoms in total. The van der Waals surface area contributed by atoms with E-state index < -0.39 is 0 Å². The Bertz CT molecular complexity index is 436. The first-order chi connectivity index (χ1) is 5.79. The molecule has 60 valence electrons. The van der Waals surface area contributed by atoms with Crippen molar-refractivity contribution in [2.24, 2.45) is 0 Å². The van der Waals surface area contributed by atoms with Gasteiger partial charge in [0.1, 0.15) is 16.5 Å². The van der Waals surface area contributed by atoms with Crippen LogP contribution >= 0.6 is 15.9 Å². The number of fused-ring (bicyclic) bond motifs is 1. The molecule has 0 saturated carbocycles. The zero-order valence-corrected chi connectivity index (χ0v) is 7.65. The van der Waals surface area contributed by atoms with Crippen LogP contribution in [0.4, 0.5) is 0 Å². The molecule has 0 bridgehead atoms. The highest BCUT2D eigenvalue weighted by Crippen LogP contribution is 2.11. The van der Waals surface area contributed by atoms with Gasteiger partial charge in [-0.25, -0.2) is 4.98 Å². The van der Waals surface area contributed by atoms with Crippen LogP contribution in [0.15, 0.2) is 29.1 Å². The van der Waals surface area contributed by atoms with E-state index in [1.807, 2.05) is 10.6 Å². The second kappa shape index (κ2) is 2.71. The van der Waals surface area contributed by atoms with Crippen molar-refractivity contribution in [3.05, 3.63) is 34.7 Å². The lowest BCUT2D eigenvalue weighted by atomic mass is 10.3. The molecule has 2 aromatic heterocycles. The fourth-order valence-corrected chi connectivity index (χ4v) is 1.44. The van der Waals surface area contributed by atoms with Gasteiger partial charge < -0.3 is 4.40 Å². The van der Waals surface area contributed by atoms with Gasteiger partial charge in [0.2, 0.25) is 0 Å². The molecule has 0 unspecified atom stereocenters. The topological polar surface area (TPSA) is 34.4 Å². The van der Waals surface area contributed by atoms with Crippen molar-refractivity contribution < 1.29 is 4.79 Å². The monoisotopic (exact) mass is 224 g/mol. The molecular weight excluding hydrogens is 220 g/mol. The number of hydrogen-bond acceptors (Lipinski definition) is 2. The highest BCUT2D eigenvalue weighted by Gasteiger charge is 1.98. The number of aromatic nitrogens is 2. The molecule has 0 aliphatic heterocycles. The minimum absolute atomic E-state index is 0.639. The molecule has 0 atom stereocenters. The Morgan fingerprint density at radius 2 is 2.42 bits per heavy atom. The van der Waals surface area contributed by atoms with Gasteiger partial charge in [-0.05, 0) is 28.1 Å². The van der Waals surface area contributed by atoms with Gasteiger partial charge in [0.05, 0.1) is 0 Å². The Morgan fingerprint density at radius 3 is 3.17 bits per heavy atom. The Morgan fingerprint density at radius 1 is 1.58 bits per heavy atom. The van der Waals surface area contributed by atoms with Crippen LogP contribution in [0.5, 0.6) is 0 Å². The minimum Gasteiger partial charge on any atom is -0.306 e. The van der Waals surface area contributed by atoms with Crippen LogP contribution in [0.2, 0.25) is 0 Å². The summed E-state index contributed by atoms with van der Waals surface area (Å²) in [6.07, 6.45) is 4.45. The fourth-order valence-electron chi connectivity index (χ4n) is 1.04.